The van der Waals surface area contributed by atoms with Crippen molar-refractivity contribution in [2.45, 2.75) is 153 Å². The molecule has 20 nitrogen and oxygen atoms in total. The summed E-state index contributed by atoms with van der Waals surface area (Å²) in [7, 11) is 0. The third-order valence-corrected chi connectivity index (χ3v) is 12.6. The number of rotatable bonds is 40. The molecule has 65 heavy (non-hydrogen) atoms. The molecule has 2 heterocycles. The standard InChI is InChI=1S/C44H75N5O15S/c1-29(43(58)64-31(3)41(54)55)27-36(51)34(11-6-7-18-45)47-38(52)16-15-32(42(56)57)14-13-30(2)46-39(53)17-20-61-22-24-63-26-25-62-23-21-60-19-8-10-33(50)9-4-5-12-37-40-35(28-65-37)48-44(59)49-40/h29-32,34-35,37,40H,4-28,45H2,1-3H3,(H,46,53)(H,47,52)(H,54,55)(H,56,57)(H2,48,49,59)/t29-,30+,31+,32-,34-,35-,37-,40-/m1/s1. The summed E-state index contributed by atoms with van der Waals surface area (Å²) in [5, 5.41) is 30.6. The number of unbranched alkanes of at least 4 members (excludes halogenated alkanes) is 2. The van der Waals surface area contributed by atoms with Crippen LogP contribution in [0.3, 0.4) is 0 Å². The Labute approximate surface area is 387 Å². The van der Waals surface area contributed by atoms with E-state index in [9.17, 15) is 43.5 Å². The number of ether oxygens (including phenoxy) is 5. The van der Waals surface area contributed by atoms with Gasteiger partial charge in [0.25, 0.3) is 0 Å². The van der Waals surface area contributed by atoms with Crippen LogP contribution in [0.15, 0.2) is 0 Å². The first kappa shape index (κ1) is 57.2. The van der Waals surface area contributed by atoms with Gasteiger partial charge in [0.05, 0.1) is 76.2 Å². The summed E-state index contributed by atoms with van der Waals surface area (Å²) in [6.07, 6.45) is 4.85. The van der Waals surface area contributed by atoms with Gasteiger partial charge in [-0.15, -0.1) is 0 Å². The fraction of sp³-hybridized carbons (Fsp3) is 0.818. The summed E-state index contributed by atoms with van der Waals surface area (Å²) in [4.78, 5) is 97.3. The average Bonchev–Trinajstić information content (AvgIpc) is 3.81. The van der Waals surface area contributed by atoms with Gasteiger partial charge in [0.1, 0.15) is 5.78 Å². The average molecular weight is 946 g/mol. The van der Waals surface area contributed by atoms with Gasteiger partial charge < -0.3 is 60.9 Å². The van der Waals surface area contributed by atoms with E-state index in [0.717, 1.165) is 25.0 Å². The Morgan fingerprint density at radius 3 is 1.98 bits per heavy atom. The molecular formula is C44H75N5O15S. The maximum absolute atomic E-state index is 13.1. The number of carbonyl (C=O) groups excluding carboxylic acids is 6. The minimum atomic E-state index is -1.38. The van der Waals surface area contributed by atoms with Crippen molar-refractivity contribution in [3.8, 4) is 0 Å². The van der Waals surface area contributed by atoms with Crippen LogP contribution in [0.25, 0.3) is 0 Å². The highest BCUT2D eigenvalue weighted by Crippen LogP contribution is 2.33. The molecule has 0 aromatic rings. The van der Waals surface area contributed by atoms with Crippen molar-refractivity contribution in [3.05, 3.63) is 0 Å². The molecule has 0 bridgehead atoms. The largest absolute Gasteiger partial charge is 0.481 e. The van der Waals surface area contributed by atoms with Gasteiger partial charge in [-0.3, -0.25) is 28.8 Å². The van der Waals surface area contributed by atoms with Crippen LogP contribution in [-0.4, -0.2) is 158 Å². The number of carbonyl (C=O) groups is 8. The molecule has 0 saturated carbocycles. The van der Waals surface area contributed by atoms with Crippen molar-refractivity contribution in [2.75, 3.05) is 65.2 Å². The molecule has 0 aromatic heterocycles. The molecule has 2 rings (SSSR count). The number of ketones is 2. The maximum Gasteiger partial charge on any atom is 0.344 e. The van der Waals surface area contributed by atoms with Crippen molar-refractivity contribution in [2.24, 2.45) is 17.6 Å². The van der Waals surface area contributed by atoms with Gasteiger partial charge in [0.15, 0.2) is 11.9 Å². The first-order valence-corrected chi connectivity index (χ1v) is 24.1. The van der Waals surface area contributed by atoms with E-state index in [1.807, 2.05) is 11.8 Å². The van der Waals surface area contributed by atoms with Crippen LogP contribution in [0.1, 0.15) is 117 Å². The lowest BCUT2D eigenvalue weighted by Gasteiger charge is -2.21. The van der Waals surface area contributed by atoms with E-state index >= 15 is 0 Å². The Morgan fingerprint density at radius 2 is 1.34 bits per heavy atom. The number of nitrogens with two attached hydrogens (primary N) is 1. The summed E-state index contributed by atoms with van der Waals surface area (Å²) < 4.78 is 26.9. The van der Waals surface area contributed by atoms with Crippen LogP contribution < -0.4 is 27.0 Å². The van der Waals surface area contributed by atoms with Crippen LogP contribution >= 0.6 is 11.8 Å². The molecule has 4 amide bonds. The number of carboxylic acids is 2. The highest BCUT2D eigenvalue weighted by atomic mass is 32.2. The maximum atomic E-state index is 13.1. The zero-order valence-corrected chi connectivity index (χ0v) is 39.3. The number of thioether (sulfide) groups is 1. The second-order valence-electron chi connectivity index (χ2n) is 16.7. The SMILES string of the molecule is C[C@H](CC(=O)[C@@H](CCCCN)NC(=O)CC[C@@H](CC[C@H](C)NC(=O)CCOCCOCCOCCOCCCC(=O)CCCC[C@H]1SC[C@H]2NC(=O)N[C@H]21)C(=O)O)C(=O)O[C@@H](C)C(=O)O. The Balaban J connectivity index is 1.46. The molecule has 0 spiro atoms. The molecule has 8 atom stereocenters. The van der Waals surface area contributed by atoms with Crippen molar-refractivity contribution < 1.29 is 72.3 Å². The second-order valence-corrected chi connectivity index (χ2v) is 18.0. The Hall–Kier alpha value is -3.89. The molecule has 0 radical (unpaired) electrons. The number of hydrogen-bond acceptors (Lipinski definition) is 15. The molecule has 2 saturated heterocycles. The molecule has 21 heteroatoms. The van der Waals surface area contributed by atoms with Crippen molar-refractivity contribution >= 4 is 59.1 Å². The monoisotopic (exact) mass is 945 g/mol. The fourth-order valence-electron chi connectivity index (χ4n) is 7.24. The van der Waals surface area contributed by atoms with Crippen LogP contribution in [0.2, 0.25) is 0 Å². The number of esters is 1. The Bertz CT molecular complexity index is 1490. The molecular weight excluding hydrogens is 871 g/mol. The smallest absolute Gasteiger partial charge is 0.344 e. The lowest BCUT2D eigenvalue weighted by molar-refractivity contribution is -0.165. The van der Waals surface area contributed by atoms with Gasteiger partial charge in [-0.1, -0.05) is 13.3 Å². The molecule has 0 unspecified atom stereocenters. The summed E-state index contributed by atoms with van der Waals surface area (Å²) in [5.74, 6) is -5.08. The molecule has 0 aliphatic carbocycles. The fourth-order valence-corrected chi connectivity index (χ4v) is 8.79. The number of urea groups is 1. The summed E-state index contributed by atoms with van der Waals surface area (Å²) >= 11 is 1.89. The van der Waals surface area contributed by atoms with E-state index in [-0.39, 0.29) is 81.0 Å². The second kappa shape index (κ2) is 33.6. The van der Waals surface area contributed by atoms with E-state index in [1.165, 1.54) is 13.8 Å². The molecule has 372 valence electrons. The molecule has 2 aliphatic rings. The first-order valence-electron chi connectivity index (χ1n) is 23.1. The Morgan fingerprint density at radius 1 is 0.708 bits per heavy atom. The van der Waals surface area contributed by atoms with E-state index in [1.54, 1.807) is 6.92 Å². The number of hydrogen-bond donors (Lipinski definition) is 7. The molecule has 0 aromatic carbocycles. The number of fused-ring (bicyclic) bond motifs is 1. The predicted octanol–water partition coefficient (Wildman–Crippen LogP) is 2.51. The van der Waals surface area contributed by atoms with E-state index in [0.29, 0.717) is 96.6 Å². The number of Topliss-reactive ketones (excluding diaryl/α,β-unsaturated/α-hetero) is 2. The van der Waals surface area contributed by atoms with Gasteiger partial charge in [-0.2, -0.15) is 11.8 Å². The van der Waals surface area contributed by atoms with Crippen LogP contribution in [0.4, 0.5) is 4.79 Å². The zero-order chi connectivity index (χ0) is 48.0. The molecule has 2 aliphatic heterocycles. The van der Waals surface area contributed by atoms with Crippen LogP contribution in [-0.2, 0) is 57.2 Å². The summed E-state index contributed by atoms with van der Waals surface area (Å²) in [6.45, 7) is 7.66. The highest BCUT2D eigenvalue weighted by molar-refractivity contribution is 8.00. The third-order valence-electron chi connectivity index (χ3n) is 11.1. The van der Waals surface area contributed by atoms with Crippen LogP contribution in [0, 0.1) is 11.8 Å². The number of nitrogens with one attached hydrogen (secondary N) is 4. The minimum absolute atomic E-state index is 0.00824. The summed E-state index contributed by atoms with van der Waals surface area (Å²) in [5.41, 5.74) is 5.58. The lowest BCUT2D eigenvalue weighted by Crippen LogP contribution is -2.42. The van der Waals surface area contributed by atoms with Gasteiger partial charge in [0, 0.05) is 55.8 Å². The van der Waals surface area contributed by atoms with Crippen LogP contribution in [0.5, 0.6) is 0 Å². The van der Waals surface area contributed by atoms with Crippen molar-refractivity contribution in [1.29, 1.82) is 0 Å². The number of aliphatic carboxylic acids is 2. The topological polar surface area (TPSA) is 297 Å². The van der Waals surface area contributed by atoms with E-state index < -0.39 is 53.6 Å². The van der Waals surface area contributed by atoms with Crippen molar-refractivity contribution in [1.82, 2.24) is 21.3 Å². The minimum Gasteiger partial charge on any atom is -0.481 e. The number of carboxylic acid groups (broad SMARTS) is 2. The van der Waals surface area contributed by atoms with Gasteiger partial charge in [0.2, 0.25) is 11.8 Å². The van der Waals surface area contributed by atoms with Crippen molar-refractivity contribution in [3.63, 3.8) is 0 Å². The van der Waals surface area contributed by atoms with Gasteiger partial charge in [-0.05, 0) is 78.2 Å². The quantitative estimate of drug-likeness (QED) is 0.0264. The third kappa shape index (κ3) is 25.6. The normalized spacial score (nSPS) is 18.9. The van der Waals surface area contributed by atoms with E-state index in [4.69, 9.17) is 34.5 Å². The predicted molar refractivity (Wildman–Crippen MR) is 240 cm³/mol. The lowest BCUT2D eigenvalue weighted by atomic mass is 9.94. The number of amides is 4. The van der Waals surface area contributed by atoms with Gasteiger partial charge >= 0.3 is 23.9 Å². The molecule has 8 N–H and O–H groups in total. The van der Waals surface area contributed by atoms with E-state index in [2.05, 4.69) is 21.3 Å². The van der Waals surface area contributed by atoms with Gasteiger partial charge in [-0.25, -0.2) is 9.59 Å². The highest BCUT2D eigenvalue weighted by Gasteiger charge is 2.42. The molecule has 2 fully saturated rings. The Kier molecular flexibility index (Phi) is 29.6. The first-order chi connectivity index (χ1) is 31.1. The summed E-state index contributed by atoms with van der Waals surface area (Å²) in [6, 6.07) is -0.907. The zero-order valence-electron chi connectivity index (χ0n) is 38.5.